The Hall–Kier alpha value is -2.72. The van der Waals surface area contributed by atoms with Crippen molar-refractivity contribution in [1.82, 2.24) is 19.9 Å². The molecule has 0 bridgehead atoms. The number of aliphatic hydroxyl groups is 1. The smallest absolute Gasteiger partial charge is 0.374 e. The first-order valence-electron chi connectivity index (χ1n) is 8.69. The highest BCUT2D eigenvalue weighted by Crippen LogP contribution is 2.42. The van der Waals surface area contributed by atoms with Crippen LogP contribution in [0.1, 0.15) is 35.7 Å². The summed E-state index contributed by atoms with van der Waals surface area (Å²) in [5.74, 6) is -0.927. The first-order valence-corrected chi connectivity index (χ1v) is 9.57. The molecule has 1 aromatic carbocycles. The van der Waals surface area contributed by atoms with Gasteiger partial charge in [-0.05, 0) is 31.5 Å². The molecule has 2 atom stereocenters. The fourth-order valence-electron chi connectivity index (χ4n) is 2.80. The Morgan fingerprint density at radius 1 is 1.31 bits per heavy atom. The number of benzene rings is 1. The van der Waals surface area contributed by atoms with Gasteiger partial charge >= 0.3 is 6.18 Å². The molecule has 0 aliphatic heterocycles. The van der Waals surface area contributed by atoms with Gasteiger partial charge in [-0.15, -0.1) is 11.3 Å². The molecule has 0 saturated carbocycles. The van der Waals surface area contributed by atoms with E-state index in [-0.39, 0.29) is 0 Å². The number of aromatic nitrogens is 3. The van der Waals surface area contributed by atoms with Crippen LogP contribution in [0.15, 0.2) is 48.4 Å². The molecule has 2 unspecified atom stereocenters. The summed E-state index contributed by atoms with van der Waals surface area (Å²) >= 11 is 0.672. The van der Waals surface area contributed by atoms with Crippen molar-refractivity contribution in [2.24, 2.45) is 0 Å². The van der Waals surface area contributed by atoms with Crippen LogP contribution in [0, 0.1) is 6.92 Å². The molecule has 0 fully saturated rings. The molecule has 0 spiro atoms. The molecule has 0 saturated heterocycles. The minimum atomic E-state index is -5.04. The number of thiazole rings is 1. The minimum absolute atomic E-state index is 0.347. The maximum atomic E-state index is 13.5. The Morgan fingerprint density at radius 2 is 2.00 bits per heavy atom. The summed E-state index contributed by atoms with van der Waals surface area (Å²) in [6.07, 6.45) is -1.15. The second-order valence-corrected chi connectivity index (χ2v) is 7.54. The van der Waals surface area contributed by atoms with Crippen LogP contribution >= 0.6 is 11.3 Å². The third-order valence-electron chi connectivity index (χ3n) is 4.43. The zero-order valence-electron chi connectivity index (χ0n) is 15.6. The normalized spacial score (nSPS) is 15.0. The highest BCUT2D eigenvalue weighted by Gasteiger charge is 2.58. The van der Waals surface area contributed by atoms with Crippen molar-refractivity contribution < 1.29 is 23.1 Å². The summed E-state index contributed by atoms with van der Waals surface area (Å²) in [6, 6.07) is 6.60. The average molecular weight is 424 g/mol. The second-order valence-electron chi connectivity index (χ2n) is 6.68. The third-order valence-corrected chi connectivity index (χ3v) is 5.54. The molecule has 0 aliphatic carbocycles. The number of halogens is 3. The first-order chi connectivity index (χ1) is 13.6. The molecule has 0 aliphatic rings. The van der Waals surface area contributed by atoms with Gasteiger partial charge in [0, 0.05) is 29.2 Å². The summed E-state index contributed by atoms with van der Waals surface area (Å²) in [6.45, 7) is 3.18. The van der Waals surface area contributed by atoms with E-state index in [1.54, 1.807) is 42.3 Å². The lowest BCUT2D eigenvalue weighted by atomic mass is 9.98. The molecular formula is C19H19F3N4O2S. The number of alkyl halides is 3. The second kappa shape index (κ2) is 7.96. The van der Waals surface area contributed by atoms with Crippen LogP contribution in [0.3, 0.4) is 0 Å². The van der Waals surface area contributed by atoms with Crippen LogP contribution in [-0.2, 0) is 10.4 Å². The maximum Gasteiger partial charge on any atom is 0.424 e. The molecule has 0 radical (unpaired) electrons. The highest BCUT2D eigenvalue weighted by molar-refractivity contribution is 7.09. The zero-order chi connectivity index (χ0) is 21.2. The largest absolute Gasteiger partial charge is 0.424 e. The SMILES string of the molecule is Cc1csc(C(O)(CC(=O)NC(C)c2ccc(-n3ccnc3)cc2)C(F)(F)F)n1. The van der Waals surface area contributed by atoms with E-state index in [2.05, 4.69) is 15.3 Å². The monoisotopic (exact) mass is 424 g/mol. The fourth-order valence-corrected chi connectivity index (χ4v) is 3.71. The topological polar surface area (TPSA) is 80.0 Å². The van der Waals surface area contributed by atoms with Gasteiger partial charge in [-0.3, -0.25) is 4.79 Å². The lowest BCUT2D eigenvalue weighted by Crippen LogP contribution is -2.46. The first kappa shape index (κ1) is 21.0. The summed E-state index contributed by atoms with van der Waals surface area (Å²) in [5, 5.41) is 13.6. The van der Waals surface area contributed by atoms with Crippen molar-refractivity contribution >= 4 is 17.2 Å². The Balaban J connectivity index is 1.71. The van der Waals surface area contributed by atoms with Crippen LogP contribution in [0.5, 0.6) is 0 Å². The van der Waals surface area contributed by atoms with Gasteiger partial charge in [0.1, 0.15) is 5.01 Å². The number of imidazole rings is 1. The number of aryl methyl sites for hydroxylation is 1. The van der Waals surface area contributed by atoms with E-state index >= 15 is 0 Å². The fraction of sp³-hybridized carbons (Fsp3) is 0.316. The van der Waals surface area contributed by atoms with Crippen molar-refractivity contribution in [2.45, 2.75) is 38.1 Å². The molecule has 154 valence electrons. The van der Waals surface area contributed by atoms with E-state index in [4.69, 9.17) is 0 Å². The van der Waals surface area contributed by atoms with Crippen molar-refractivity contribution in [3.8, 4) is 5.69 Å². The molecular weight excluding hydrogens is 405 g/mol. The molecule has 2 heterocycles. The van der Waals surface area contributed by atoms with Crippen LogP contribution < -0.4 is 5.32 Å². The molecule has 3 rings (SSSR count). The van der Waals surface area contributed by atoms with E-state index in [1.165, 1.54) is 12.3 Å². The van der Waals surface area contributed by atoms with Crippen LogP contribution in [0.4, 0.5) is 13.2 Å². The van der Waals surface area contributed by atoms with E-state index in [0.717, 1.165) is 5.69 Å². The Bertz CT molecular complexity index is 970. The van der Waals surface area contributed by atoms with Gasteiger partial charge in [0.05, 0.1) is 18.8 Å². The highest BCUT2D eigenvalue weighted by atomic mass is 32.1. The predicted molar refractivity (Wildman–Crippen MR) is 102 cm³/mol. The van der Waals surface area contributed by atoms with Gasteiger partial charge in [0.25, 0.3) is 0 Å². The van der Waals surface area contributed by atoms with E-state index in [0.29, 0.717) is 22.6 Å². The van der Waals surface area contributed by atoms with E-state index in [9.17, 15) is 23.1 Å². The molecule has 3 aromatic rings. The van der Waals surface area contributed by atoms with Gasteiger partial charge in [-0.25, -0.2) is 9.97 Å². The predicted octanol–water partition coefficient (Wildman–Crippen LogP) is 3.65. The van der Waals surface area contributed by atoms with Crippen molar-refractivity contribution in [3.63, 3.8) is 0 Å². The number of carbonyl (C=O) groups excluding carboxylic acids is 1. The van der Waals surface area contributed by atoms with Crippen LogP contribution in [0.2, 0.25) is 0 Å². The molecule has 29 heavy (non-hydrogen) atoms. The molecule has 1 amide bonds. The van der Waals surface area contributed by atoms with E-state index < -0.39 is 35.2 Å². The minimum Gasteiger partial charge on any atom is -0.374 e. The van der Waals surface area contributed by atoms with Gasteiger partial charge in [0.2, 0.25) is 11.5 Å². The van der Waals surface area contributed by atoms with Gasteiger partial charge in [0.15, 0.2) is 0 Å². The molecule has 2 N–H and O–H groups in total. The number of hydrogen-bond acceptors (Lipinski definition) is 5. The summed E-state index contributed by atoms with van der Waals surface area (Å²) < 4.78 is 42.4. The van der Waals surface area contributed by atoms with Gasteiger partial charge in [-0.1, -0.05) is 12.1 Å². The Morgan fingerprint density at radius 3 is 2.52 bits per heavy atom. The summed E-state index contributed by atoms with van der Waals surface area (Å²) in [7, 11) is 0. The van der Waals surface area contributed by atoms with Crippen molar-refractivity contribution in [2.75, 3.05) is 0 Å². The van der Waals surface area contributed by atoms with Gasteiger partial charge in [-0.2, -0.15) is 13.2 Å². The number of amides is 1. The average Bonchev–Trinajstić information content (AvgIpc) is 3.32. The van der Waals surface area contributed by atoms with E-state index in [1.807, 2.05) is 12.1 Å². The molecule has 2 aromatic heterocycles. The van der Waals surface area contributed by atoms with Crippen LogP contribution in [0.25, 0.3) is 5.69 Å². The van der Waals surface area contributed by atoms with Crippen molar-refractivity contribution in [1.29, 1.82) is 0 Å². The Labute approximate surface area is 169 Å². The quantitative estimate of drug-likeness (QED) is 0.633. The number of nitrogens with one attached hydrogen (secondary N) is 1. The maximum absolute atomic E-state index is 13.5. The van der Waals surface area contributed by atoms with Gasteiger partial charge < -0.3 is 15.0 Å². The molecule has 6 nitrogen and oxygen atoms in total. The van der Waals surface area contributed by atoms with Crippen LogP contribution in [-0.4, -0.2) is 31.7 Å². The summed E-state index contributed by atoms with van der Waals surface area (Å²) in [5.41, 5.74) is -1.42. The lowest BCUT2D eigenvalue weighted by Gasteiger charge is -2.28. The number of rotatable bonds is 6. The number of nitrogens with zero attached hydrogens (tertiary/aromatic N) is 3. The number of hydrogen-bond donors (Lipinski definition) is 2. The third kappa shape index (κ3) is 4.48. The lowest BCUT2D eigenvalue weighted by molar-refractivity contribution is -0.267. The standard InChI is InChI=1S/C19H19F3N4O2S/c1-12-10-29-17(24-12)18(28,19(20,21)22)9-16(27)25-13(2)14-3-5-15(6-4-14)26-8-7-23-11-26/h3-8,10-11,13,28H,9H2,1-2H3,(H,25,27). The molecule has 10 heteroatoms. The van der Waals surface area contributed by atoms with Crippen molar-refractivity contribution in [3.05, 3.63) is 64.6 Å². The number of carbonyl (C=O) groups is 1. The Kier molecular flexibility index (Phi) is 5.76. The summed E-state index contributed by atoms with van der Waals surface area (Å²) in [4.78, 5) is 20.0. The zero-order valence-corrected chi connectivity index (χ0v) is 16.5.